The van der Waals surface area contributed by atoms with Crippen LogP contribution >= 0.6 is 11.8 Å². The van der Waals surface area contributed by atoms with Crippen molar-refractivity contribution in [3.63, 3.8) is 0 Å². The third-order valence-electron chi connectivity index (χ3n) is 6.20. The quantitative estimate of drug-likeness (QED) is 0.176. The van der Waals surface area contributed by atoms with Crippen LogP contribution in [0.3, 0.4) is 0 Å². The van der Waals surface area contributed by atoms with Crippen molar-refractivity contribution in [2.24, 2.45) is 0 Å². The summed E-state index contributed by atoms with van der Waals surface area (Å²) in [6.07, 6.45) is 1.72. The van der Waals surface area contributed by atoms with Crippen LogP contribution in [-0.4, -0.2) is 25.5 Å². The number of carbonyl (C=O) groups is 2. The Morgan fingerprint density at radius 2 is 1.67 bits per heavy atom. The van der Waals surface area contributed by atoms with E-state index in [1.54, 1.807) is 24.3 Å². The van der Waals surface area contributed by atoms with Crippen molar-refractivity contribution in [1.82, 2.24) is 9.47 Å². The predicted octanol–water partition coefficient (Wildman–Crippen LogP) is 6.28. The largest absolute Gasteiger partial charge is 0.340 e. The maximum atomic E-state index is 14.4. The van der Waals surface area contributed by atoms with Gasteiger partial charge in [0, 0.05) is 39.9 Å². The fourth-order valence-electron chi connectivity index (χ4n) is 4.31. The smallest absolute Gasteiger partial charge is 0.293 e. The molecule has 36 heavy (non-hydrogen) atoms. The number of nitro benzene ring substituents is 1. The van der Waals surface area contributed by atoms with E-state index in [4.69, 9.17) is 0 Å². The number of nitro groups is 1. The number of carbonyl (C=O) groups excluding carboxylic acids is 2. The van der Waals surface area contributed by atoms with Gasteiger partial charge in [0.2, 0.25) is 0 Å². The van der Waals surface area contributed by atoms with E-state index in [0.717, 1.165) is 38.8 Å². The van der Waals surface area contributed by atoms with Gasteiger partial charge in [-0.25, -0.2) is 4.39 Å². The molecular weight excluding hydrogens is 481 g/mol. The summed E-state index contributed by atoms with van der Waals surface area (Å²) >= 11 is 0.858. The van der Waals surface area contributed by atoms with E-state index in [0.29, 0.717) is 22.6 Å². The fraction of sp³-hybridized carbons (Fsp3) is 0.111. The van der Waals surface area contributed by atoms with Crippen LogP contribution in [0.25, 0.3) is 17.0 Å². The number of fused-ring (bicyclic) bond motifs is 1. The molecule has 1 aliphatic heterocycles. The lowest BCUT2D eigenvalue weighted by Gasteiger charge is -2.12. The number of nitrogens with zero attached hydrogens (tertiary/aromatic N) is 3. The van der Waals surface area contributed by atoms with Crippen LogP contribution in [-0.2, 0) is 17.9 Å². The van der Waals surface area contributed by atoms with E-state index in [1.165, 1.54) is 30.3 Å². The number of imide groups is 1. The van der Waals surface area contributed by atoms with Gasteiger partial charge in [0.15, 0.2) is 0 Å². The standard InChI is InChI=1S/C27H20FN3O4S/c1-17-22(21-7-3-5-9-24(21)29(17)16-19-6-2-4-8-23(19)28)14-25-26(32)30(27(33)36-25)15-18-10-12-20(13-11-18)31(34)35/h2-14H,15-16H2,1H3/b25-14-. The van der Waals surface area contributed by atoms with Gasteiger partial charge in [-0.05, 0) is 42.5 Å². The number of para-hydroxylation sites is 1. The molecule has 0 unspecified atom stereocenters. The normalized spacial score (nSPS) is 14.8. The zero-order valence-electron chi connectivity index (χ0n) is 19.2. The zero-order valence-corrected chi connectivity index (χ0v) is 20.0. The van der Waals surface area contributed by atoms with Crippen molar-refractivity contribution in [1.29, 1.82) is 0 Å². The highest BCUT2D eigenvalue weighted by Gasteiger charge is 2.35. The number of amides is 2. The van der Waals surface area contributed by atoms with Crippen LogP contribution in [0, 0.1) is 22.9 Å². The average molecular weight is 502 g/mol. The lowest BCUT2D eigenvalue weighted by molar-refractivity contribution is -0.384. The molecule has 5 rings (SSSR count). The first-order chi connectivity index (χ1) is 17.3. The molecule has 9 heteroatoms. The number of hydrogen-bond acceptors (Lipinski definition) is 5. The fourth-order valence-corrected chi connectivity index (χ4v) is 5.13. The highest BCUT2D eigenvalue weighted by molar-refractivity contribution is 8.18. The molecule has 0 N–H and O–H groups in total. The molecule has 3 aromatic carbocycles. The van der Waals surface area contributed by atoms with Crippen molar-refractivity contribution in [2.45, 2.75) is 20.0 Å². The van der Waals surface area contributed by atoms with Crippen molar-refractivity contribution in [3.05, 3.63) is 116 Å². The first-order valence-corrected chi connectivity index (χ1v) is 11.9. The minimum atomic E-state index is -0.502. The van der Waals surface area contributed by atoms with Crippen molar-refractivity contribution >= 4 is 45.6 Å². The molecule has 180 valence electrons. The first-order valence-electron chi connectivity index (χ1n) is 11.1. The molecule has 7 nitrogen and oxygen atoms in total. The van der Waals surface area contributed by atoms with Crippen LogP contribution in [0.4, 0.5) is 14.9 Å². The van der Waals surface area contributed by atoms with Gasteiger partial charge in [-0.1, -0.05) is 48.5 Å². The summed E-state index contributed by atoms with van der Waals surface area (Å²) < 4.78 is 16.4. The number of benzene rings is 3. The third kappa shape index (κ3) is 4.29. The van der Waals surface area contributed by atoms with Gasteiger partial charge in [-0.2, -0.15) is 0 Å². The molecular formula is C27H20FN3O4S. The Bertz CT molecular complexity index is 1560. The maximum absolute atomic E-state index is 14.4. The Hall–Kier alpha value is -4.24. The lowest BCUT2D eigenvalue weighted by atomic mass is 10.1. The van der Waals surface area contributed by atoms with Crippen molar-refractivity contribution in [2.75, 3.05) is 0 Å². The second-order valence-electron chi connectivity index (χ2n) is 8.39. The molecule has 0 saturated carbocycles. The molecule has 1 aromatic heterocycles. The van der Waals surface area contributed by atoms with E-state index >= 15 is 0 Å². The van der Waals surface area contributed by atoms with Gasteiger partial charge < -0.3 is 4.57 Å². The molecule has 0 spiro atoms. The second kappa shape index (κ2) is 9.43. The first kappa shape index (κ1) is 23.5. The number of aromatic nitrogens is 1. The van der Waals surface area contributed by atoms with Crippen LogP contribution in [0.2, 0.25) is 0 Å². The van der Waals surface area contributed by atoms with Gasteiger partial charge >= 0.3 is 0 Å². The number of hydrogen-bond donors (Lipinski definition) is 0. The van der Waals surface area contributed by atoms with E-state index < -0.39 is 16.1 Å². The summed E-state index contributed by atoms with van der Waals surface area (Å²) in [7, 11) is 0. The minimum absolute atomic E-state index is 0.0219. The van der Waals surface area contributed by atoms with Gasteiger partial charge in [0.05, 0.1) is 22.9 Å². The molecule has 2 heterocycles. The summed E-state index contributed by atoms with van der Waals surface area (Å²) in [6.45, 7) is 2.26. The molecule has 1 fully saturated rings. The number of rotatable bonds is 6. The molecule has 1 aliphatic rings. The highest BCUT2D eigenvalue weighted by Crippen LogP contribution is 2.36. The molecule has 4 aromatic rings. The Morgan fingerprint density at radius 3 is 2.39 bits per heavy atom. The number of halogens is 1. The molecule has 0 bridgehead atoms. The molecule has 1 saturated heterocycles. The Balaban J connectivity index is 1.47. The van der Waals surface area contributed by atoms with Gasteiger partial charge in [0.25, 0.3) is 16.8 Å². The number of non-ortho nitro benzene ring substituents is 1. The van der Waals surface area contributed by atoms with E-state index in [-0.39, 0.29) is 18.0 Å². The van der Waals surface area contributed by atoms with E-state index in [9.17, 15) is 24.1 Å². The zero-order chi connectivity index (χ0) is 25.4. The summed E-state index contributed by atoms with van der Waals surface area (Å²) in [6, 6.07) is 20.1. The SMILES string of the molecule is Cc1c(/C=C2\SC(=O)N(Cc3ccc([N+](=O)[O-])cc3)C2=O)c2ccccc2n1Cc1ccccc1F. The maximum Gasteiger partial charge on any atom is 0.293 e. The summed E-state index contributed by atoms with van der Waals surface area (Å²) in [4.78, 5) is 37.6. The van der Waals surface area contributed by atoms with Crippen LogP contribution in [0.1, 0.15) is 22.4 Å². The molecule has 0 atom stereocenters. The van der Waals surface area contributed by atoms with Gasteiger partial charge in [0.1, 0.15) is 5.82 Å². The summed E-state index contributed by atoms with van der Waals surface area (Å²) in [5, 5.41) is 11.4. The minimum Gasteiger partial charge on any atom is -0.340 e. The molecule has 2 amide bonds. The Kier molecular flexibility index (Phi) is 6.15. The Morgan fingerprint density at radius 1 is 0.972 bits per heavy atom. The van der Waals surface area contributed by atoms with Gasteiger partial charge in [-0.15, -0.1) is 0 Å². The Labute approximate surface area is 210 Å². The summed E-state index contributed by atoms with van der Waals surface area (Å²) in [5.41, 5.74) is 3.65. The van der Waals surface area contributed by atoms with Crippen molar-refractivity contribution < 1.29 is 18.9 Å². The monoisotopic (exact) mass is 501 g/mol. The highest BCUT2D eigenvalue weighted by atomic mass is 32.2. The average Bonchev–Trinajstić information content (AvgIpc) is 3.29. The second-order valence-corrected chi connectivity index (χ2v) is 9.38. The van der Waals surface area contributed by atoms with E-state index in [2.05, 4.69) is 0 Å². The molecule has 0 radical (unpaired) electrons. The van der Waals surface area contributed by atoms with E-state index in [1.807, 2.05) is 35.8 Å². The van der Waals surface area contributed by atoms with Gasteiger partial charge in [-0.3, -0.25) is 24.6 Å². The van der Waals surface area contributed by atoms with Crippen LogP contribution < -0.4 is 0 Å². The predicted molar refractivity (Wildman–Crippen MR) is 137 cm³/mol. The molecule has 0 aliphatic carbocycles. The lowest BCUT2D eigenvalue weighted by Crippen LogP contribution is -2.27. The number of thioether (sulfide) groups is 1. The third-order valence-corrected chi connectivity index (χ3v) is 7.11. The van der Waals surface area contributed by atoms with Crippen LogP contribution in [0.5, 0.6) is 0 Å². The van der Waals surface area contributed by atoms with Crippen molar-refractivity contribution in [3.8, 4) is 0 Å². The summed E-state index contributed by atoms with van der Waals surface area (Å²) in [5.74, 6) is -0.711. The topological polar surface area (TPSA) is 85.5 Å². The van der Waals surface area contributed by atoms with Crippen LogP contribution in [0.15, 0.2) is 77.7 Å².